The lowest BCUT2D eigenvalue weighted by molar-refractivity contribution is 0.826. The zero-order valence-corrected chi connectivity index (χ0v) is 11.6. The van der Waals surface area contributed by atoms with Crippen LogP contribution in [-0.4, -0.2) is 38.2 Å². The number of hydrazine groups is 1. The Morgan fingerprint density at radius 2 is 2.11 bits per heavy atom. The van der Waals surface area contributed by atoms with Gasteiger partial charge >= 0.3 is 0 Å². The molecule has 0 bridgehead atoms. The highest BCUT2D eigenvalue weighted by molar-refractivity contribution is 8.00. The first kappa shape index (κ1) is 12.5. The molecule has 8 nitrogen and oxygen atoms in total. The van der Waals surface area contributed by atoms with Crippen LogP contribution in [0.3, 0.4) is 0 Å². The van der Waals surface area contributed by atoms with Crippen LogP contribution in [0.5, 0.6) is 0 Å². The molecule has 19 heavy (non-hydrogen) atoms. The van der Waals surface area contributed by atoms with Crippen molar-refractivity contribution in [3.05, 3.63) is 5.51 Å². The zero-order chi connectivity index (χ0) is 13.1. The van der Waals surface area contributed by atoms with Gasteiger partial charge in [-0.2, -0.15) is 15.0 Å². The Morgan fingerprint density at radius 1 is 1.26 bits per heavy atom. The number of hydrogen-bond donors (Lipinski definition) is 2. The number of nitrogen functional groups attached to an aromatic ring is 1. The monoisotopic (exact) mass is 296 g/mol. The molecule has 0 spiro atoms. The van der Waals surface area contributed by atoms with Gasteiger partial charge in [0.05, 0.1) is 0 Å². The molecule has 10 heteroatoms. The number of hydrogen-bond acceptors (Lipinski definition) is 10. The molecule has 3 N–H and O–H groups in total. The van der Waals surface area contributed by atoms with Crippen molar-refractivity contribution in [1.82, 2.24) is 25.1 Å². The van der Waals surface area contributed by atoms with Crippen LogP contribution in [0, 0.1) is 0 Å². The number of nitrogens with zero attached hydrogens (tertiary/aromatic N) is 6. The number of nitrogens with one attached hydrogen (secondary N) is 1. The maximum Gasteiger partial charge on any atom is 0.242 e. The summed E-state index contributed by atoms with van der Waals surface area (Å²) in [6.45, 7) is 1.94. The lowest BCUT2D eigenvalue weighted by atomic mass is 10.4. The van der Waals surface area contributed by atoms with Crippen molar-refractivity contribution in [1.29, 1.82) is 0 Å². The van der Waals surface area contributed by atoms with Gasteiger partial charge in [0, 0.05) is 13.1 Å². The summed E-state index contributed by atoms with van der Waals surface area (Å²) in [5.74, 6) is 6.43. The van der Waals surface area contributed by atoms with E-state index in [9.17, 15) is 0 Å². The Labute approximate surface area is 117 Å². The Hall–Kier alpha value is -1.52. The predicted octanol–water partition coefficient (Wildman–Crippen LogP) is 0.760. The minimum Gasteiger partial charge on any atom is -0.341 e. The van der Waals surface area contributed by atoms with Crippen LogP contribution in [0.4, 0.5) is 11.9 Å². The summed E-state index contributed by atoms with van der Waals surface area (Å²) in [7, 11) is 0. The van der Waals surface area contributed by atoms with Gasteiger partial charge in [0.2, 0.25) is 17.1 Å². The third kappa shape index (κ3) is 2.91. The highest BCUT2D eigenvalue weighted by atomic mass is 32.2. The minimum absolute atomic E-state index is 0.365. The van der Waals surface area contributed by atoms with Crippen molar-refractivity contribution in [3.63, 3.8) is 0 Å². The third-order valence-corrected chi connectivity index (χ3v) is 4.28. The number of aromatic nitrogens is 5. The summed E-state index contributed by atoms with van der Waals surface area (Å²) in [5, 5.41) is 8.32. The molecule has 0 unspecified atom stereocenters. The van der Waals surface area contributed by atoms with Crippen LogP contribution < -0.4 is 16.2 Å². The molecule has 0 aliphatic carbocycles. The van der Waals surface area contributed by atoms with Crippen molar-refractivity contribution in [2.75, 3.05) is 23.4 Å². The van der Waals surface area contributed by atoms with E-state index in [4.69, 9.17) is 5.84 Å². The molecule has 1 aliphatic heterocycles. The van der Waals surface area contributed by atoms with Crippen molar-refractivity contribution in [2.24, 2.45) is 5.84 Å². The summed E-state index contributed by atoms with van der Waals surface area (Å²) < 4.78 is 0.793. The van der Waals surface area contributed by atoms with Crippen LogP contribution in [0.25, 0.3) is 0 Å². The predicted molar refractivity (Wildman–Crippen MR) is 73.1 cm³/mol. The van der Waals surface area contributed by atoms with Gasteiger partial charge in [-0.25, -0.2) is 5.84 Å². The largest absolute Gasteiger partial charge is 0.341 e. The number of rotatable bonds is 4. The van der Waals surface area contributed by atoms with Crippen LogP contribution in [-0.2, 0) is 0 Å². The zero-order valence-electron chi connectivity index (χ0n) is 9.98. The Bertz CT molecular complexity index is 539. The maximum atomic E-state index is 5.40. The average Bonchev–Trinajstić information content (AvgIpc) is 3.11. The highest BCUT2D eigenvalue weighted by Crippen LogP contribution is 2.27. The fraction of sp³-hybridized carbons (Fsp3) is 0.444. The normalized spacial score (nSPS) is 14.9. The molecule has 1 aliphatic rings. The van der Waals surface area contributed by atoms with Gasteiger partial charge in [0.1, 0.15) is 5.51 Å². The molecule has 100 valence electrons. The molecule has 1 saturated heterocycles. The van der Waals surface area contributed by atoms with Crippen LogP contribution >= 0.6 is 23.1 Å². The topological polar surface area (TPSA) is 106 Å². The standard InChI is InChI=1S/C9H12N8S2/c10-15-6-12-7(17-3-1-2-4-17)14-8(13-6)19-9-16-11-5-18-9/h5H,1-4,10H2,(H,12,13,14,15). The van der Waals surface area contributed by atoms with Crippen LogP contribution in [0.15, 0.2) is 15.0 Å². The van der Waals surface area contributed by atoms with Gasteiger partial charge in [-0.15, -0.1) is 10.2 Å². The minimum atomic E-state index is 0.365. The first-order chi connectivity index (χ1) is 9.35. The SMILES string of the molecule is NNc1nc(Sc2nncs2)nc(N2CCCC2)n1. The van der Waals surface area contributed by atoms with E-state index >= 15 is 0 Å². The van der Waals surface area contributed by atoms with E-state index in [0.29, 0.717) is 17.1 Å². The molecule has 2 aromatic rings. The summed E-state index contributed by atoms with van der Waals surface area (Å²) in [6.07, 6.45) is 2.33. The lowest BCUT2D eigenvalue weighted by Crippen LogP contribution is -2.22. The van der Waals surface area contributed by atoms with Crippen molar-refractivity contribution in [2.45, 2.75) is 22.3 Å². The van der Waals surface area contributed by atoms with Gasteiger partial charge in [-0.05, 0) is 24.6 Å². The average molecular weight is 296 g/mol. The van der Waals surface area contributed by atoms with Crippen molar-refractivity contribution < 1.29 is 0 Å². The van der Waals surface area contributed by atoms with E-state index in [1.807, 2.05) is 0 Å². The number of anilines is 2. The second-order valence-electron chi connectivity index (χ2n) is 3.89. The van der Waals surface area contributed by atoms with Gasteiger partial charge in [-0.3, -0.25) is 5.43 Å². The molecule has 0 atom stereocenters. The van der Waals surface area contributed by atoms with Crippen LogP contribution in [0.2, 0.25) is 0 Å². The Morgan fingerprint density at radius 3 is 2.79 bits per heavy atom. The third-order valence-electron chi connectivity index (χ3n) is 2.64. The molecule has 0 amide bonds. The van der Waals surface area contributed by atoms with Gasteiger partial charge < -0.3 is 4.90 Å². The molecular formula is C9H12N8S2. The fourth-order valence-electron chi connectivity index (χ4n) is 1.80. The van der Waals surface area contributed by atoms with E-state index in [2.05, 4.69) is 35.5 Å². The Kier molecular flexibility index (Phi) is 3.71. The maximum absolute atomic E-state index is 5.40. The van der Waals surface area contributed by atoms with E-state index in [1.54, 1.807) is 5.51 Å². The van der Waals surface area contributed by atoms with Crippen LogP contribution in [0.1, 0.15) is 12.8 Å². The molecule has 3 heterocycles. The first-order valence-corrected chi connectivity index (χ1v) is 7.46. The van der Waals surface area contributed by atoms with Gasteiger partial charge in [0.15, 0.2) is 4.34 Å². The quantitative estimate of drug-likeness (QED) is 0.624. The smallest absolute Gasteiger partial charge is 0.242 e. The second-order valence-corrected chi connectivity index (χ2v) is 5.93. The summed E-state index contributed by atoms with van der Waals surface area (Å²) in [6, 6.07) is 0. The summed E-state index contributed by atoms with van der Waals surface area (Å²) in [5.41, 5.74) is 4.15. The van der Waals surface area contributed by atoms with E-state index in [1.165, 1.54) is 23.1 Å². The molecule has 2 aromatic heterocycles. The number of nitrogens with two attached hydrogens (primary N) is 1. The second kappa shape index (κ2) is 5.63. The molecule has 0 aromatic carbocycles. The van der Waals surface area contributed by atoms with E-state index in [-0.39, 0.29) is 0 Å². The molecular weight excluding hydrogens is 284 g/mol. The fourth-order valence-corrected chi connectivity index (χ4v) is 3.13. The molecule has 3 rings (SSSR count). The van der Waals surface area contributed by atoms with Gasteiger partial charge in [0.25, 0.3) is 0 Å². The molecule has 1 fully saturated rings. The first-order valence-electron chi connectivity index (χ1n) is 5.77. The van der Waals surface area contributed by atoms with E-state index in [0.717, 1.165) is 30.3 Å². The van der Waals surface area contributed by atoms with Crippen molar-refractivity contribution >= 4 is 35.0 Å². The van der Waals surface area contributed by atoms with E-state index < -0.39 is 0 Å². The molecule has 0 radical (unpaired) electrons. The lowest BCUT2D eigenvalue weighted by Gasteiger charge is -2.15. The summed E-state index contributed by atoms with van der Waals surface area (Å²) in [4.78, 5) is 15.1. The highest BCUT2D eigenvalue weighted by Gasteiger charge is 2.18. The Balaban J connectivity index is 1.88. The van der Waals surface area contributed by atoms with Gasteiger partial charge in [-0.1, -0.05) is 11.3 Å². The van der Waals surface area contributed by atoms with Crippen molar-refractivity contribution in [3.8, 4) is 0 Å². The molecule has 0 saturated carbocycles. The summed E-state index contributed by atoms with van der Waals surface area (Å²) >= 11 is 2.80.